The van der Waals surface area contributed by atoms with E-state index in [2.05, 4.69) is 4.74 Å². The second-order valence-electron chi connectivity index (χ2n) is 5.39. The van der Waals surface area contributed by atoms with Gasteiger partial charge in [-0.05, 0) is 12.1 Å². The Bertz CT molecular complexity index is 732. The number of amides is 1. The van der Waals surface area contributed by atoms with E-state index in [0.29, 0.717) is 11.3 Å². The fourth-order valence-corrected chi connectivity index (χ4v) is 2.35. The molecule has 0 heterocycles. The van der Waals surface area contributed by atoms with Gasteiger partial charge in [0.25, 0.3) is 0 Å². The summed E-state index contributed by atoms with van der Waals surface area (Å²) >= 11 is 0. The van der Waals surface area contributed by atoms with Gasteiger partial charge in [0.2, 0.25) is 5.91 Å². The maximum atomic E-state index is 12.5. The Morgan fingerprint density at radius 2 is 1.56 bits per heavy atom. The van der Waals surface area contributed by atoms with Gasteiger partial charge >= 0.3 is 6.36 Å². The minimum atomic E-state index is -4.78. The number of hydrogen-bond donors (Lipinski definition) is 0. The van der Waals surface area contributed by atoms with Crippen molar-refractivity contribution in [2.24, 2.45) is 0 Å². The van der Waals surface area contributed by atoms with Crippen LogP contribution in [0.4, 0.5) is 13.2 Å². The van der Waals surface area contributed by atoms with Crippen LogP contribution in [0.3, 0.4) is 0 Å². The monoisotopic (exact) mass is 353 g/mol. The van der Waals surface area contributed by atoms with Gasteiger partial charge in [-0.3, -0.25) is 4.79 Å². The van der Waals surface area contributed by atoms with E-state index < -0.39 is 6.36 Å². The number of rotatable bonds is 6. The summed E-state index contributed by atoms with van der Waals surface area (Å²) < 4.78 is 46.6. The van der Waals surface area contributed by atoms with Gasteiger partial charge in [-0.25, -0.2) is 0 Å². The molecular weight excluding hydrogens is 335 g/mol. The number of carbonyl (C=O) groups excluding carboxylic acids is 1. The highest BCUT2D eigenvalue weighted by Gasteiger charge is 2.32. The van der Waals surface area contributed by atoms with Crippen LogP contribution in [0.5, 0.6) is 11.5 Å². The van der Waals surface area contributed by atoms with Crippen LogP contribution in [0.15, 0.2) is 48.5 Å². The summed E-state index contributed by atoms with van der Waals surface area (Å²) in [5.74, 6) is 0.0308. The molecule has 0 saturated carbocycles. The lowest BCUT2D eigenvalue weighted by molar-refractivity contribution is -0.275. The van der Waals surface area contributed by atoms with Crippen LogP contribution in [0.2, 0.25) is 0 Å². The van der Waals surface area contributed by atoms with Gasteiger partial charge in [0.05, 0.1) is 13.5 Å². The van der Waals surface area contributed by atoms with Crippen molar-refractivity contribution in [3.05, 3.63) is 59.7 Å². The van der Waals surface area contributed by atoms with Crippen LogP contribution in [-0.2, 0) is 17.8 Å². The Balaban J connectivity index is 2.09. The number of carbonyl (C=O) groups is 1. The van der Waals surface area contributed by atoms with Gasteiger partial charge in [-0.2, -0.15) is 0 Å². The first-order valence-corrected chi connectivity index (χ1v) is 7.49. The molecule has 0 radical (unpaired) electrons. The fourth-order valence-electron chi connectivity index (χ4n) is 2.35. The molecule has 0 unspecified atom stereocenters. The highest BCUT2D eigenvalue weighted by molar-refractivity contribution is 5.79. The molecule has 4 nitrogen and oxygen atoms in total. The molecule has 25 heavy (non-hydrogen) atoms. The average molecular weight is 353 g/mol. The Morgan fingerprint density at radius 3 is 2.16 bits per heavy atom. The van der Waals surface area contributed by atoms with E-state index in [1.807, 2.05) is 0 Å². The van der Waals surface area contributed by atoms with E-state index >= 15 is 0 Å². The first kappa shape index (κ1) is 18.6. The van der Waals surface area contributed by atoms with Crippen LogP contribution in [-0.4, -0.2) is 31.3 Å². The van der Waals surface area contributed by atoms with Crippen LogP contribution >= 0.6 is 0 Å². The molecule has 0 fully saturated rings. The predicted molar refractivity (Wildman–Crippen MR) is 86.3 cm³/mol. The summed E-state index contributed by atoms with van der Waals surface area (Å²) in [6.45, 7) is 0.000234. The smallest absolute Gasteiger partial charge is 0.496 e. The van der Waals surface area contributed by atoms with Crippen molar-refractivity contribution in [3.8, 4) is 11.5 Å². The minimum Gasteiger partial charge on any atom is -0.496 e. The second kappa shape index (κ2) is 7.92. The first-order chi connectivity index (χ1) is 11.8. The molecule has 0 saturated heterocycles. The van der Waals surface area contributed by atoms with E-state index in [4.69, 9.17) is 4.74 Å². The van der Waals surface area contributed by atoms with Gasteiger partial charge < -0.3 is 14.4 Å². The summed E-state index contributed by atoms with van der Waals surface area (Å²) in [7, 11) is 3.04. The van der Waals surface area contributed by atoms with E-state index in [9.17, 15) is 18.0 Å². The summed E-state index contributed by atoms with van der Waals surface area (Å²) in [5.41, 5.74) is 0.984. The average Bonchev–Trinajstić information content (AvgIpc) is 2.55. The number of likely N-dealkylation sites (N-methyl/N-ethyl adjacent to an activating group) is 1. The SMILES string of the molecule is COc1ccccc1CC(=O)N(C)Cc1ccccc1OC(F)(F)F. The van der Waals surface area contributed by atoms with E-state index in [1.165, 1.54) is 37.3 Å². The van der Waals surface area contributed by atoms with Crippen molar-refractivity contribution in [2.45, 2.75) is 19.3 Å². The molecule has 134 valence electrons. The van der Waals surface area contributed by atoms with Crippen molar-refractivity contribution < 1.29 is 27.4 Å². The maximum absolute atomic E-state index is 12.5. The van der Waals surface area contributed by atoms with Crippen LogP contribution in [0.25, 0.3) is 0 Å². The zero-order valence-corrected chi connectivity index (χ0v) is 13.8. The summed E-state index contributed by atoms with van der Waals surface area (Å²) in [6, 6.07) is 12.9. The van der Waals surface area contributed by atoms with Gasteiger partial charge in [-0.1, -0.05) is 36.4 Å². The molecule has 0 atom stereocenters. The number of para-hydroxylation sites is 2. The normalized spacial score (nSPS) is 11.1. The van der Waals surface area contributed by atoms with Crippen molar-refractivity contribution in [2.75, 3.05) is 14.2 Å². The largest absolute Gasteiger partial charge is 0.573 e. The molecule has 2 aromatic carbocycles. The van der Waals surface area contributed by atoms with Gasteiger partial charge in [0.1, 0.15) is 11.5 Å². The standard InChI is InChI=1S/C18H18F3NO3/c1-22(17(23)11-13-7-3-5-9-15(13)24-2)12-14-8-4-6-10-16(14)25-18(19,20)21/h3-10H,11-12H2,1-2H3. The summed E-state index contributed by atoms with van der Waals surface area (Å²) in [6.07, 6.45) is -4.70. The molecule has 0 bridgehead atoms. The topological polar surface area (TPSA) is 38.8 Å². The van der Waals surface area contributed by atoms with Crippen LogP contribution in [0.1, 0.15) is 11.1 Å². The third kappa shape index (κ3) is 5.41. The van der Waals surface area contributed by atoms with E-state index in [-0.39, 0.29) is 30.2 Å². The van der Waals surface area contributed by atoms with Gasteiger partial charge in [0.15, 0.2) is 0 Å². The lowest BCUT2D eigenvalue weighted by Gasteiger charge is -2.20. The Kier molecular flexibility index (Phi) is 5.90. The number of benzene rings is 2. The highest BCUT2D eigenvalue weighted by atomic mass is 19.4. The molecule has 0 aliphatic heterocycles. The van der Waals surface area contributed by atoms with E-state index in [0.717, 1.165) is 0 Å². The van der Waals surface area contributed by atoms with Crippen molar-refractivity contribution in [1.29, 1.82) is 0 Å². The molecular formula is C18H18F3NO3. The maximum Gasteiger partial charge on any atom is 0.573 e. The molecule has 2 rings (SSSR count). The number of alkyl halides is 3. The Labute approximate surface area is 143 Å². The molecule has 7 heteroatoms. The molecule has 0 aromatic heterocycles. The van der Waals surface area contributed by atoms with Crippen LogP contribution < -0.4 is 9.47 Å². The molecule has 0 aliphatic carbocycles. The van der Waals surface area contributed by atoms with Gasteiger partial charge in [-0.15, -0.1) is 13.2 Å². The number of halogens is 3. The number of methoxy groups -OCH3 is 1. The van der Waals surface area contributed by atoms with Crippen molar-refractivity contribution in [1.82, 2.24) is 4.90 Å². The zero-order valence-electron chi connectivity index (χ0n) is 13.8. The Hall–Kier alpha value is -2.70. The highest BCUT2D eigenvalue weighted by Crippen LogP contribution is 2.27. The zero-order chi connectivity index (χ0) is 18.4. The molecule has 0 spiro atoms. The molecule has 0 aliphatic rings. The first-order valence-electron chi connectivity index (χ1n) is 7.49. The molecule has 2 aromatic rings. The predicted octanol–water partition coefficient (Wildman–Crippen LogP) is 3.79. The molecule has 0 N–H and O–H groups in total. The minimum absolute atomic E-state index is 0.000234. The number of hydrogen-bond acceptors (Lipinski definition) is 3. The molecule has 1 amide bonds. The van der Waals surface area contributed by atoms with E-state index in [1.54, 1.807) is 30.3 Å². The second-order valence-corrected chi connectivity index (χ2v) is 5.39. The quantitative estimate of drug-likeness (QED) is 0.793. The van der Waals surface area contributed by atoms with Gasteiger partial charge in [0, 0.05) is 24.7 Å². The van der Waals surface area contributed by atoms with Crippen LogP contribution in [0, 0.1) is 0 Å². The lowest BCUT2D eigenvalue weighted by Crippen LogP contribution is -2.28. The summed E-state index contributed by atoms with van der Waals surface area (Å²) in [5, 5.41) is 0. The number of nitrogens with zero attached hydrogens (tertiary/aromatic N) is 1. The summed E-state index contributed by atoms with van der Waals surface area (Å²) in [4.78, 5) is 13.7. The van der Waals surface area contributed by atoms with Crippen molar-refractivity contribution >= 4 is 5.91 Å². The third-order valence-corrected chi connectivity index (χ3v) is 3.57. The van der Waals surface area contributed by atoms with Crippen molar-refractivity contribution in [3.63, 3.8) is 0 Å². The number of ether oxygens (including phenoxy) is 2. The lowest BCUT2D eigenvalue weighted by atomic mass is 10.1. The fraction of sp³-hybridized carbons (Fsp3) is 0.278. The third-order valence-electron chi connectivity index (χ3n) is 3.57. The Morgan fingerprint density at radius 1 is 1.00 bits per heavy atom.